The Morgan fingerprint density at radius 2 is 1.72 bits per heavy atom. The Bertz CT molecular complexity index is 943. The SMILES string of the molecule is COc1cc(CN[C@H](C)C23CC4CC(CC(C4)C2)C3)ccc1OCc1ccc(F)cc1Cl. The van der Waals surface area contributed by atoms with E-state index in [1.165, 1.54) is 56.2 Å². The van der Waals surface area contributed by atoms with Crippen molar-refractivity contribution in [3.8, 4) is 11.5 Å². The Kier molecular flexibility index (Phi) is 6.11. The maximum Gasteiger partial charge on any atom is 0.161 e. The molecule has 0 aromatic heterocycles. The number of hydrogen-bond acceptors (Lipinski definition) is 3. The summed E-state index contributed by atoms with van der Waals surface area (Å²) in [7, 11) is 1.66. The van der Waals surface area contributed by atoms with Crippen LogP contribution < -0.4 is 14.8 Å². The van der Waals surface area contributed by atoms with Crippen molar-refractivity contribution in [2.24, 2.45) is 23.2 Å². The first-order chi connectivity index (χ1) is 15.4. The van der Waals surface area contributed by atoms with Gasteiger partial charge in [-0.2, -0.15) is 0 Å². The summed E-state index contributed by atoms with van der Waals surface area (Å²) in [6, 6.07) is 10.9. The monoisotopic (exact) mass is 457 g/mol. The average molecular weight is 458 g/mol. The molecule has 172 valence electrons. The van der Waals surface area contributed by atoms with Gasteiger partial charge in [-0.3, -0.25) is 0 Å². The smallest absolute Gasteiger partial charge is 0.161 e. The van der Waals surface area contributed by atoms with Crippen LogP contribution in [0.4, 0.5) is 4.39 Å². The third-order valence-electron chi connectivity index (χ3n) is 8.24. The molecule has 3 nitrogen and oxygen atoms in total. The number of nitrogens with one attached hydrogen (secondary N) is 1. The molecule has 5 heteroatoms. The molecule has 0 saturated heterocycles. The first-order valence-electron chi connectivity index (χ1n) is 11.9. The van der Waals surface area contributed by atoms with E-state index in [-0.39, 0.29) is 12.4 Å². The van der Waals surface area contributed by atoms with Crippen LogP contribution in [0.15, 0.2) is 36.4 Å². The predicted molar refractivity (Wildman–Crippen MR) is 126 cm³/mol. The van der Waals surface area contributed by atoms with Crippen LogP contribution in [0, 0.1) is 29.0 Å². The van der Waals surface area contributed by atoms with Crippen molar-refractivity contribution in [2.75, 3.05) is 7.11 Å². The number of benzene rings is 2. The van der Waals surface area contributed by atoms with Gasteiger partial charge in [0, 0.05) is 18.2 Å². The molecule has 0 amide bonds. The second-order valence-corrected chi connectivity index (χ2v) is 10.8. The van der Waals surface area contributed by atoms with Crippen molar-refractivity contribution in [3.63, 3.8) is 0 Å². The lowest BCUT2D eigenvalue weighted by Gasteiger charge is -2.59. The highest BCUT2D eigenvalue weighted by molar-refractivity contribution is 6.31. The third kappa shape index (κ3) is 4.36. The summed E-state index contributed by atoms with van der Waals surface area (Å²) in [6.45, 7) is 3.48. The maximum absolute atomic E-state index is 13.3. The highest BCUT2D eigenvalue weighted by atomic mass is 35.5. The van der Waals surface area contributed by atoms with E-state index < -0.39 is 0 Å². The van der Waals surface area contributed by atoms with Crippen LogP contribution in [0.3, 0.4) is 0 Å². The first-order valence-corrected chi connectivity index (χ1v) is 12.3. The van der Waals surface area contributed by atoms with Gasteiger partial charge in [-0.1, -0.05) is 23.7 Å². The van der Waals surface area contributed by atoms with E-state index in [9.17, 15) is 4.39 Å². The predicted octanol–water partition coefficient (Wildman–Crippen LogP) is 6.76. The molecule has 2 aromatic carbocycles. The summed E-state index contributed by atoms with van der Waals surface area (Å²) in [6.07, 6.45) is 8.68. The first kappa shape index (κ1) is 22.0. The summed E-state index contributed by atoms with van der Waals surface area (Å²) in [4.78, 5) is 0. The van der Waals surface area contributed by atoms with Crippen molar-refractivity contribution in [1.82, 2.24) is 5.32 Å². The molecule has 4 saturated carbocycles. The third-order valence-corrected chi connectivity index (χ3v) is 8.59. The van der Waals surface area contributed by atoms with Crippen LogP contribution in [0.25, 0.3) is 0 Å². The molecule has 2 aromatic rings. The number of methoxy groups -OCH3 is 1. The number of ether oxygens (including phenoxy) is 2. The molecule has 1 atom stereocenters. The minimum absolute atomic E-state index is 0.260. The zero-order chi connectivity index (χ0) is 22.3. The summed E-state index contributed by atoms with van der Waals surface area (Å²) >= 11 is 6.12. The van der Waals surface area contributed by atoms with Crippen LogP contribution in [0.1, 0.15) is 56.6 Å². The van der Waals surface area contributed by atoms with Crippen molar-refractivity contribution < 1.29 is 13.9 Å². The zero-order valence-corrected chi connectivity index (χ0v) is 19.8. The normalized spacial score (nSPS) is 29.2. The van der Waals surface area contributed by atoms with Gasteiger partial charge in [0.05, 0.1) is 12.1 Å². The number of halogens is 2. The van der Waals surface area contributed by atoms with Crippen LogP contribution in [-0.4, -0.2) is 13.2 Å². The van der Waals surface area contributed by atoms with Gasteiger partial charge in [0.15, 0.2) is 11.5 Å². The van der Waals surface area contributed by atoms with Crippen molar-refractivity contribution >= 4 is 11.6 Å². The lowest BCUT2D eigenvalue weighted by molar-refractivity contribution is -0.0706. The molecule has 6 rings (SSSR count). The second-order valence-electron chi connectivity index (χ2n) is 10.4. The minimum Gasteiger partial charge on any atom is -0.493 e. The second kappa shape index (κ2) is 8.87. The molecular formula is C27H33ClFNO2. The molecule has 32 heavy (non-hydrogen) atoms. The fourth-order valence-corrected chi connectivity index (χ4v) is 7.15. The quantitative estimate of drug-likeness (QED) is 0.475. The van der Waals surface area contributed by atoms with Gasteiger partial charge in [-0.05, 0) is 98.4 Å². The van der Waals surface area contributed by atoms with E-state index in [2.05, 4.69) is 18.3 Å². The van der Waals surface area contributed by atoms with Gasteiger partial charge in [-0.25, -0.2) is 4.39 Å². The van der Waals surface area contributed by atoms with Gasteiger partial charge in [0.25, 0.3) is 0 Å². The Balaban J connectivity index is 1.21. The van der Waals surface area contributed by atoms with Gasteiger partial charge < -0.3 is 14.8 Å². The summed E-state index contributed by atoms with van der Waals surface area (Å²) in [5, 5.41) is 4.21. The molecule has 0 heterocycles. The van der Waals surface area contributed by atoms with Gasteiger partial charge in [0.2, 0.25) is 0 Å². The zero-order valence-electron chi connectivity index (χ0n) is 19.0. The molecule has 4 aliphatic carbocycles. The van der Waals surface area contributed by atoms with E-state index in [0.717, 1.165) is 29.9 Å². The van der Waals surface area contributed by atoms with Gasteiger partial charge >= 0.3 is 0 Å². The Morgan fingerprint density at radius 1 is 1.03 bits per heavy atom. The number of rotatable bonds is 8. The van der Waals surface area contributed by atoms with E-state index in [4.69, 9.17) is 21.1 Å². The highest BCUT2D eigenvalue weighted by Gasteiger charge is 2.52. The topological polar surface area (TPSA) is 30.5 Å². The molecule has 4 fully saturated rings. The van der Waals surface area contributed by atoms with E-state index in [1.54, 1.807) is 13.2 Å². The van der Waals surface area contributed by atoms with E-state index in [1.807, 2.05) is 12.1 Å². The molecule has 4 bridgehead atoms. The fraction of sp³-hybridized carbons (Fsp3) is 0.556. The average Bonchev–Trinajstić information content (AvgIpc) is 2.76. The van der Waals surface area contributed by atoms with Crippen molar-refractivity contribution in [1.29, 1.82) is 0 Å². The summed E-state index contributed by atoms with van der Waals surface area (Å²) < 4.78 is 24.8. The molecule has 0 radical (unpaired) electrons. The largest absolute Gasteiger partial charge is 0.493 e. The fourth-order valence-electron chi connectivity index (χ4n) is 6.93. The van der Waals surface area contributed by atoms with E-state index >= 15 is 0 Å². The maximum atomic E-state index is 13.3. The Hall–Kier alpha value is -1.78. The van der Waals surface area contributed by atoms with Crippen LogP contribution in [-0.2, 0) is 13.2 Å². The summed E-state index contributed by atoms with van der Waals surface area (Å²) in [5.74, 6) is 3.91. The van der Waals surface area contributed by atoms with Gasteiger partial charge in [0.1, 0.15) is 12.4 Å². The minimum atomic E-state index is -0.351. The molecule has 0 spiro atoms. The highest BCUT2D eigenvalue weighted by Crippen LogP contribution is 2.61. The van der Waals surface area contributed by atoms with E-state index in [0.29, 0.717) is 28.0 Å². The summed E-state index contributed by atoms with van der Waals surface area (Å²) in [5.41, 5.74) is 2.42. The van der Waals surface area contributed by atoms with Crippen LogP contribution in [0.2, 0.25) is 5.02 Å². The van der Waals surface area contributed by atoms with Crippen molar-refractivity contribution in [3.05, 3.63) is 58.4 Å². The Labute approximate surface area is 195 Å². The number of hydrogen-bond donors (Lipinski definition) is 1. The Morgan fingerprint density at radius 3 is 2.34 bits per heavy atom. The van der Waals surface area contributed by atoms with Crippen LogP contribution in [0.5, 0.6) is 11.5 Å². The molecule has 0 unspecified atom stereocenters. The molecule has 1 N–H and O–H groups in total. The lowest BCUT2D eigenvalue weighted by Crippen LogP contribution is -2.54. The standard InChI is InChI=1S/C27H33ClFNO2/c1-17(27-12-19-7-20(13-27)9-21(8-19)14-27)30-15-18-3-6-25(26(10-18)31-2)32-16-22-4-5-23(29)11-24(22)28/h3-6,10-11,17,19-21,30H,7-9,12-16H2,1-2H3/t17-,19?,20?,21?,27?/m1/s1. The van der Waals surface area contributed by atoms with Crippen LogP contribution >= 0.6 is 11.6 Å². The lowest BCUT2D eigenvalue weighted by atomic mass is 9.48. The van der Waals surface area contributed by atoms with Gasteiger partial charge in [-0.15, -0.1) is 0 Å². The molecule has 4 aliphatic rings. The van der Waals surface area contributed by atoms with Crippen molar-refractivity contribution in [2.45, 2.75) is 64.6 Å². The molecule has 0 aliphatic heterocycles. The molecular weight excluding hydrogens is 425 g/mol.